The first-order valence-electron chi connectivity index (χ1n) is 31.4. The predicted molar refractivity (Wildman–Crippen MR) is 320 cm³/mol. The number of carbonyl (C=O) groups excluding carboxylic acids is 10. The van der Waals surface area contributed by atoms with Crippen molar-refractivity contribution in [2.75, 3.05) is 26.2 Å². The molecule has 28 heteroatoms. The molecule has 4 heterocycles. The van der Waals surface area contributed by atoms with Crippen molar-refractivity contribution in [3.8, 4) is 5.75 Å². The molecule has 0 radical (unpaired) electrons. The van der Waals surface area contributed by atoms with Crippen LogP contribution in [0.5, 0.6) is 5.75 Å². The minimum atomic E-state index is -3.24. The number of aliphatic imine (C=N–C) groups is 1. The van der Waals surface area contributed by atoms with Crippen LogP contribution in [-0.4, -0.2) is 176 Å². The van der Waals surface area contributed by atoms with E-state index in [9.17, 15) is 58.2 Å². The lowest BCUT2D eigenvalue weighted by atomic mass is 9.98. The van der Waals surface area contributed by atoms with E-state index in [0.717, 1.165) is 4.90 Å². The Kier molecular flexibility index (Phi) is 22.2. The number of guanidine groups is 1. The van der Waals surface area contributed by atoms with E-state index in [1.165, 1.54) is 36.8 Å². The number of likely N-dealkylation sites (tertiary alicyclic amines) is 1. The van der Waals surface area contributed by atoms with Gasteiger partial charge in [0.2, 0.25) is 59.1 Å². The molecular weight excluding hydrogens is 1120 g/mol. The summed E-state index contributed by atoms with van der Waals surface area (Å²) >= 11 is 0. The molecule has 10 amide bonds. The molecule has 2 fully saturated rings. The summed E-state index contributed by atoms with van der Waals surface area (Å²) in [6.07, 6.45) is 4.47. The number of phenols is 1. The quantitative estimate of drug-likeness (QED) is 0.0151. The smallest absolute Gasteiger partial charge is 0.245 e. The fourth-order valence-corrected chi connectivity index (χ4v) is 10.4. The number of H-pyrrole nitrogens is 2. The highest BCUT2D eigenvalue weighted by molar-refractivity contribution is 5.99. The van der Waals surface area contributed by atoms with E-state index in [4.69, 9.17) is 18.3 Å². The van der Waals surface area contributed by atoms with E-state index >= 15 is 0 Å². The molecule has 2 aliphatic rings. The number of fused-ring (bicyclic) bond motifs is 1. The van der Waals surface area contributed by atoms with Crippen molar-refractivity contribution in [2.24, 2.45) is 28.3 Å². The number of aromatic nitrogens is 3. The Balaban J connectivity index is 1.23. The molecule has 28 nitrogen and oxygen atoms in total. The molecule has 0 spiro atoms. The summed E-state index contributed by atoms with van der Waals surface area (Å²) in [6.45, 7) is -0.344. The molecule has 6 rings (SSSR count). The summed E-state index contributed by atoms with van der Waals surface area (Å²) in [5.41, 5.74) is 13.2. The Hall–Kier alpha value is -9.08. The van der Waals surface area contributed by atoms with E-state index < -0.39 is 127 Å². The van der Waals surface area contributed by atoms with Gasteiger partial charge in [0.25, 0.3) is 0 Å². The minimum Gasteiger partial charge on any atom is -0.508 e. The second-order valence-corrected chi connectivity index (χ2v) is 22.5. The molecule has 4 aromatic rings. The van der Waals surface area contributed by atoms with Gasteiger partial charge in [-0.1, -0.05) is 58.0 Å². The first kappa shape index (κ1) is 59.6. The number of benzene rings is 2. The first-order chi connectivity index (χ1) is 43.4. The number of hydrogen-bond acceptors (Lipinski definition) is 14. The fraction of sp³-hybridized carbons (Fsp3) is 0.525. The van der Waals surface area contributed by atoms with Gasteiger partial charge in [-0.2, -0.15) is 0 Å². The normalized spacial score (nSPS) is 18.3. The number of nitrogens with zero attached hydrogens (tertiary/aromatic N) is 3. The Labute approximate surface area is 511 Å². The van der Waals surface area contributed by atoms with Crippen LogP contribution in [0, 0.1) is 11.8 Å². The summed E-state index contributed by atoms with van der Waals surface area (Å²) < 4.78 is 38.6. The summed E-state index contributed by atoms with van der Waals surface area (Å²) in [5, 5.41) is 44.7. The highest BCUT2D eigenvalue weighted by atomic mass is 16.3. The molecular formula is C59H84N16O12. The number of phenolic OH excluding ortho intramolecular Hbond substituents is 1. The number of imidazole rings is 1. The highest BCUT2D eigenvalue weighted by Crippen LogP contribution is 2.22. The Morgan fingerprint density at radius 3 is 1.91 bits per heavy atom. The van der Waals surface area contributed by atoms with E-state index in [1.807, 2.05) is 5.32 Å². The first-order valence-corrected chi connectivity index (χ1v) is 28.9. The Bertz CT molecular complexity index is 3270. The summed E-state index contributed by atoms with van der Waals surface area (Å²) in [6, 6.07) is 0.220. The van der Waals surface area contributed by atoms with Crippen LogP contribution in [0.3, 0.4) is 0 Å². The Morgan fingerprint density at radius 1 is 0.736 bits per heavy atom. The van der Waals surface area contributed by atoms with Crippen LogP contribution >= 0.6 is 0 Å². The molecule has 0 bridgehead atoms. The zero-order valence-corrected chi connectivity index (χ0v) is 49.1. The van der Waals surface area contributed by atoms with Crippen LogP contribution in [0.15, 0.2) is 72.2 Å². The van der Waals surface area contributed by atoms with Crippen molar-refractivity contribution in [1.29, 1.82) is 0 Å². The molecule has 2 aliphatic heterocycles. The molecule has 0 aliphatic carbocycles. The van der Waals surface area contributed by atoms with Crippen LogP contribution in [0.1, 0.15) is 110 Å². The summed E-state index contributed by atoms with van der Waals surface area (Å²) in [7, 11) is 0. The molecule has 2 aromatic heterocycles. The van der Waals surface area contributed by atoms with Crippen LogP contribution in [0.4, 0.5) is 0 Å². The van der Waals surface area contributed by atoms with Gasteiger partial charge in [-0.05, 0) is 93.0 Å². The molecule has 0 saturated carbocycles. The topological polar surface area (TPSA) is 432 Å². The SMILES string of the molecule is [2H]C([2H])([2H])C([2H])([2H])NC(=O)[C@@H]1CCCN1C(=O)C(CCCN=C(N)N)NC(=O)[C@H](CC(C)C)NC(=O)[C@@H](CC(C)C)NC(=O)C(Cc1ccc(O)cc1)NC(=O)[C@H](CO)NC(=O)[C@H](Cc1c[nH]c2ccccc12)NC(=O)[C@H](Cc1cnc[nH]1)NC(=O)C1CCC(=O)N1. The van der Waals surface area contributed by atoms with Crippen molar-refractivity contribution in [1.82, 2.24) is 67.7 Å². The van der Waals surface area contributed by atoms with E-state index in [-0.39, 0.29) is 113 Å². The molecule has 87 heavy (non-hydrogen) atoms. The number of para-hydroxylation sites is 1. The maximum atomic E-state index is 14.7. The predicted octanol–water partition coefficient (Wildman–Crippen LogP) is -1.44. The second-order valence-electron chi connectivity index (χ2n) is 22.5. The number of aliphatic hydroxyl groups excluding tert-OH is 1. The number of nitrogens with one attached hydrogen (secondary N) is 11. The Morgan fingerprint density at radius 2 is 1.32 bits per heavy atom. The van der Waals surface area contributed by atoms with Gasteiger partial charge in [0.15, 0.2) is 5.96 Å². The standard InChI is InChI=1S/C59H84N16O12/c1-6-63-57(86)48-14-10-22-75(48)58(87)41(13-9-21-64-59(60)61)68-51(80)42(23-32(2)3)69-52(81)43(24-33(4)5)70-53(82)44(25-34-15-17-37(77)18-16-34)71-56(85)47(30-76)74-54(83)45(26-35-28-65-39-12-8-7-11-38(35)39)72-55(84)46(27-36-29-62-31-66-36)73-50(79)40-19-20-49(78)67-40/h7-8,11-12,15-18,28-29,31-33,40-48,65,76-77H,6,9-10,13-14,19-27,30H2,1-5H3,(H,62,66)(H,63,86)(H,67,78)(H,68,80)(H,69,81)(H,70,82)(H,71,85)(H,72,84)(H,73,79)(H,74,83)(H4,60,61,64)/t40?,41?,42-,43+,44?,45-,46-,47-,48-/m0/s1/i1D3,6D2. The summed E-state index contributed by atoms with van der Waals surface area (Å²) in [4.78, 5) is 156. The van der Waals surface area contributed by atoms with Gasteiger partial charge in [-0.15, -0.1) is 0 Å². The lowest BCUT2D eigenvalue weighted by Crippen LogP contribution is -2.61. The van der Waals surface area contributed by atoms with Crippen LogP contribution < -0.4 is 59.3 Å². The van der Waals surface area contributed by atoms with E-state index in [1.54, 1.807) is 58.2 Å². The number of carbonyl (C=O) groups is 10. The van der Waals surface area contributed by atoms with Gasteiger partial charge in [-0.3, -0.25) is 52.9 Å². The van der Waals surface area contributed by atoms with Gasteiger partial charge in [0.05, 0.1) is 12.9 Å². The van der Waals surface area contributed by atoms with E-state index in [0.29, 0.717) is 27.7 Å². The van der Waals surface area contributed by atoms with Gasteiger partial charge < -0.3 is 84.4 Å². The average Bonchev–Trinajstić information content (AvgIpc) is 1.55. The number of hydrogen-bond donors (Lipinski definition) is 15. The molecule has 17 N–H and O–H groups in total. The molecule has 3 unspecified atom stereocenters. The number of rotatable bonds is 32. The zero-order chi connectivity index (χ0) is 67.6. The lowest BCUT2D eigenvalue weighted by Gasteiger charge is -2.31. The van der Waals surface area contributed by atoms with Gasteiger partial charge in [-0.25, -0.2) is 4.98 Å². The maximum absolute atomic E-state index is 14.7. The lowest BCUT2D eigenvalue weighted by molar-refractivity contribution is -0.142. The number of aliphatic hydroxyl groups is 1. The van der Waals surface area contributed by atoms with Gasteiger partial charge in [0, 0.05) is 81.1 Å². The highest BCUT2D eigenvalue weighted by Gasteiger charge is 2.40. The monoisotopic (exact) mass is 1210 g/mol. The van der Waals surface area contributed by atoms with Gasteiger partial charge in [0.1, 0.15) is 60.1 Å². The van der Waals surface area contributed by atoms with Gasteiger partial charge >= 0.3 is 0 Å². The number of likely N-dealkylation sites (N-methyl/N-ethyl adjacent to an activating group) is 1. The molecule has 2 saturated heterocycles. The zero-order valence-electron chi connectivity index (χ0n) is 54.1. The van der Waals surface area contributed by atoms with Crippen LogP contribution in [0.2, 0.25) is 0 Å². The number of nitrogens with two attached hydrogens (primary N) is 2. The largest absolute Gasteiger partial charge is 0.508 e. The van der Waals surface area contributed by atoms with Crippen LogP contribution in [-0.2, 0) is 67.2 Å². The number of aromatic amines is 2. The van der Waals surface area contributed by atoms with Crippen molar-refractivity contribution in [2.45, 2.75) is 160 Å². The fourth-order valence-electron chi connectivity index (χ4n) is 10.4. The summed E-state index contributed by atoms with van der Waals surface area (Å²) in [5.74, 6) is -9.24. The number of amides is 10. The average molecular weight is 1210 g/mol. The van der Waals surface area contributed by atoms with Crippen molar-refractivity contribution >= 4 is 75.9 Å². The second kappa shape index (κ2) is 32.4. The molecule has 9 atom stereocenters. The third-order valence-corrected chi connectivity index (χ3v) is 14.7. The third-order valence-electron chi connectivity index (χ3n) is 14.7. The maximum Gasteiger partial charge on any atom is 0.245 e. The van der Waals surface area contributed by atoms with Crippen LogP contribution in [0.25, 0.3) is 10.9 Å². The van der Waals surface area contributed by atoms with Crippen molar-refractivity contribution in [3.63, 3.8) is 0 Å². The molecule has 2 aromatic carbocycles. The number of aromatic hydroxyl groups is 1. The van der Waals surface area contributed by atoms with E-state index in [2.05, 4.69) is 62.5 Å². The third kappa shape index (κ3) is 20.0. The minimum absolute atomic E-state index is 0.00244. The van der Waals surface area contributed by atoms with Crippen molar-refractivity contribution < 1.29 is 65.0 Å². The van der Waals surface area contributed by atoms with Crippen molar-refractivity contribution in [3.05, 3.63) is 84.1 Å². The molecule has 472 valence electrons.